The maximum absolute atomic E-state index is 13.6. The Bertz CT molecular complexity index is 1100. The number of hydrogen-bond donors (Lipinski definition) is 1. The van der Waals surface area contributed by atoms with Gasteiger partial charge >= 0.3 is 0 Å². The minimum atomic E-state index is -3.93. The molecule has 0 radical (unpaired) electrons. The van der Waals surface area contributed by atoms with E-state index in [-0.39, 0.29) is 21.5 Å². The quantitative estimate of drug-likeness (QED) is 0.470. The summed E-state index contributed by atoms with van der Waals surface area (Å²) in [4.78, 5) is 0.0608. The van der Waals surface area contributed by atoms with E-state index < -0.39 is 20.6 Å². The van der Waals surface area contributed by atoms with E-state index in [9.17, 15) is 12.6 Å². The van der Waals surface area contributed by atoms with E-state index in [1.807, 2.05) is 45.0 Å². The molecule has 0 aromatic heterocycles. The monoisotopic (exact) mass is 493 g/mol. The average molecular weight is 494 g/mol. The Balaban J connectivity index is 1.92. The van der Waals surface area contributed by atoms with Crippen molar-refractivity contribution in [1.29, 1.82) is 4.78 Å². The number of sulfonamides is 1. The molecule has 182 valence electrons. The van der Waals surface area contributed by atoms with E-state index in [4.69, 9.17) is 14.3 Å². The Morgan fingerprint density at radius 3 is 2.39 bits per heavy atom. The Kier molecular flexibility index (Phi) is 8.78. The van der Waals surface area contributed by atoms with E-state index in [2.05, 4.69) is 0 Å². The number of ether oxygens (including phenoxy) is 2. The molecule has 0 saturated carbocycles. The zero-order valence-electron chi connectivity index (χ0n) is 19.5. The summed E-state index contributed by atoms with van der Waals surface area (Å²) in [7, 11) is -6.08. The molecule has 0 atom stereocenters. The summed E-state index contributed by atoms with van der Waals surface area (Å²) >= 11 is 0. The maximum Gasteiger partial charge on any atom is 0.264 e. The van der Waals surface area contributed by atoms with E-state index in [0.717, 1.165) is 24.8 Å². The standard InChI is InChI=1S/C24H33N2O5S2/c1-4-19-5-7-21(8-6-19)26(16-18(2)3)33(28,29)22-9-10-23(24(15-22)32(25)27)31-17-20-11-13-30-14-12-20/h5-10,15,18,20,25H,4,11-14,16-17H2,1-3H3/q-1. The van der Waals surface area contributed by atoms with Gasteiger partial charge in [0, 0.05) is 19.8 Å². The second kappa shape index (κ2) is 11.4. The van der Waals surface area contributed by atoms with Crippen LogP contribution in [0.5, 0.6) is 5.75 Å². The molecule has 1 aliphatic heterocycles. The summed E-state index contributed by atoms with van der Waals surface area (Å²) in [6.45, 7) is 8.06. The van der Waals surface area contributed by atoms with Gasteiger partial charge in [0.1, 0.15) is 5.75 Å². The fraction of sp³-hybridized carbons (Fsp3) is 0.500. The number of benzene rings is 2. The molecule has 0 aliphatic carbocycles. The van der Waals surface area contributed by atoms with Crippen molar-refractivity contribution in [3.05, 3.63) is 48.0 Å². The molecule has 1 heterocycles. The van der Waals surface area contributed by atoms with Crippen LogP contribution in [0.2, 0.25) is 0 Å². The lowest BCUT2D eigenvalue weighted by molar-refractivity contribution is 0.0493. The van der Waals surface area contributed by atoms with E-state index in [1.165, 1.54) is 22.5 Å². The highest BCUT2D eigenvalue weighted by atomic mass is 32.2. The van der Waals surface area contributed by atoms with Gasteiger partial charge in [0.2, 0.25) is 0 Å². The van der Waals surface area contributed by atoms with Gasteiger partial charge in [0.05, 0.1) is 17.2 Å². The van der Waals surface area contributed by atoms with Crippen LogP contribution in [0, 0.1) is 16.6 Å². The zero-order valence-corrected chi connectivity index (χ0v) is 21.1. The Morgan fingerprint density at radius 1 is 1.15 bits per heavy atom. The molecule has 1 saturated heterocycles. The van der Waals surface area contributed by atoms with Crippen molar-refractivity contribution in [1.82, 2.24) is 0 Å². The number of hydrogen-bond acceptors (Lipinski definition) is 7. The largest absolute Gasteiger partial charge is 0.495 e. The SMILES string of the molecule is CCc1ccc(N(CC(C)C)S(=O)(=O)c2ccc(OCC3CCOCC3)c([S-](=N)=O)c2)cc1. The molecule has 3 rings (SSSR count). The van der Waals surface area contributed by atoms with Crippen molar-refractivity contribution in [3.8, 4) is 5.75 Å². The highest BCUT2D eigenvalue weighted by Gasteiger charge is 2.26. The van der Waals surface area contributed by atoms with Crippen LogP contribution in [-0.2, 0) is 36.0 Å². The third-order valence-corrected chi connectivity index (χ3v) is 8.19. The van der Waals surface area contributed by atoms with Gasteiger partial charge in [-0.15, -0.1) is 0 Å². The topological polar surface area (TPSA) is 96.8 Å². The van der Waals surface area contributed by atoms with Gasteiger partial charge in [-0.2, -0.15) is 10.6 Å². The number of nitrogens with one attached hydrogen (secondary N) is 1. The molecule has 0 amide bonds. The summed E-state index contributed by atoms with van der Waals surface area (Å²) in [5.41, 5.74) is 1.70. The highest BCUT2D eigenvalue weighted by Crippen LogP contribution is 2.30. The van der Waals surface area contributed by atoms with Gasteiger partial charge in [-0.1, -0.05) is 43.9 Å². The van der Waals surface area contributed by atoms with Crippen LogP contribution >= 0.6 is 0 Å². The predicted octanol–water partition coefficient (Wildman–Crippen LogP) is 4.99. The van der Waals surface area contributed by atoms with Crippen LogP contribution in [0.15, 0.2) is 52.3 Å². The van der Waals surface area contributed by atoms with Gasteiger partial charge in [0.25, 0.3) is 10.0 Å². The van der Waals surface area contributed by atoms with E-state index >= 15 is 0 Å². The number of aryl methyl sites for hydroxylation is 1. The molecule has 7 nitrogen and oxygen atoms in total. The molecule has 0 bridgehead atoms. The van der Waals surface area contributed by atoms with E-state index in [0.29, 0.717) is 38.0 Å². The van der Waals surface area contributed by atoms with Crippen molar-refractivity contribution in [2.45, 2.75) is 49.8 Å². The van der Waals surface area contributed by atoms with Gasteiger partial charge < -0.3 is 18.5 Å². The maximum atomic E-state index is 13.6. The minimum Gasteiger partial charge on any atom is -0.495 e. The number of rotatable bonds is 10. The molecule has 2 aromatic carbocycles. The number of anilines is 1. The summed E-state index contributed by atoms with van der Waals surface area (Å²) in [5, 5.41) is 0. The molecule has 9 heteroatoms. The second-order valence-corrected chi connectivity index (χ2v) is 11.5. The first-order valence-electron chi connectivity index (χ1n) is 11.3. The number of nitrogens with zero attached hydrogens (tertiary/aromatic N) is 1. The fourth-order valence-electron chi connectivity index (χ4n) is 3.73. The molecule has 1 fully saturated rings. The highest BCUT2D eigenvalue weighted by molar-refractivity contribution is 7.92. The van der Waals surface area contributed by atoms with Gasteiger partial charge in [-0.25, -0.2) is 8.42 Å². The normalized spacial score (nSPS) is 15.2. The van der Waals surface area contributed by atoms with Gasteiger partial charge in [-0.05, 0) is 60.9 Å². The molecule has 0 unspecified atom stereocenters. The Morgan fingerprint density at radius 2 is 1.82 bits per heavy atom. The van der Waals surface area contributed by atoms with Crippen molar-refractivity contribution >= 4 is 26.3 Å². The fourth-order valence-corrected chi connectivity index (χ4v) is 6.01. The first-order valence-corrected chi connectivity index (χ1v) is 13.9. The molecule has 1 N–H and O–H groups in total. The minimum absolute atomic E-state index is 0.00302. The molecule has 0 spiro atoms. The lowest BCUT2D eigenvalue weighted by Crippen LogP contribution is -2.34. The van der Waals surface area contributed by atoms with Crippen LogP contribution in [0.1, 0.15) is 39.2 Å². The van der Waals surface area contributed by atoms with Crippen molar-refractivity contribution in [2.75, 3.05) is 30.7 Å². The first-order chi connectivity index (χ1) is 15.7. The smallest absolute Gasteiger partial charge is 0.264 e. The van der Waals surface area contributed by atoms with Crippen LogP contribution in [0.4, 0.5) is 5.69 Å². The molecule has 2 aromatic rings. The lowest BCUT2D eigenvalue weighted by Gasteiger charge is -2.27. The van der Waals surface area contributed by atoms with E-state index in [1.54, 1.807) is 0 Å². The van der Waals surface area contributed by atoms with Gasteiger partial charge in [-0.3, -0.25) is 4.31 Å². The van der Waals surface area contributed by atoms with Crippen molar-refractivity contribution in [3.63, 3.8) is 0 Å². The molecular weight excluding hydrogens is 460 g/mol. The molecule has 33 heavy (non-hydrogen) atoms. The van der Waals surface area contributed by atoms with Crippen molar-refractivity contribution in [2.24, 2.45) is 11.8 Å². The summed E-state index contributed by atoms with van der Waals surface area (Å²) in [6.07, 6.45) is 2.63. The zero-order chi connectivity index (χ0) is 24.0. The van der Waals surface area contributed by atoms with Crippen LogP contribution in [0.25, 0.3) is 0 Å². The summed E-state index contributed by atoms with van der Waals surface area (Å²) in [5.74, 6) is 0.704. The lowest BCUT2D eigenvalue weighted by atomic mass is 10.0. The molecule has 1 aliphatic rings. The predicted molar refractivity (Wildman–Crippen MR) is 130 cm³/mol. The Hall–Kier alpha value is -2.10. The van der Waals surface area contributed by atoms with Crippen LogP contribution in [0.3, 0.4) is 0 Å². The average Bonchev–Trinajstić information content (AvgIpc) is 2.81. The third-order valence-electron chi connectivity index (χ3n) is 5.68. The second-order valence-electron chi connectivity index (χ2n) is 8.69. The first kappa shape index (κ1) is 25.5. The van der Waals surface area contributed by atoms with Crippen LogP contribution < -0.4 is 9.04 Å². The summed E-state index contributed by atoms with van der Waals surface area (Å²) in [6, 6.07) is 11.8. The van der Waals surface area contributed by atoms with Crippen molar-refractivity contribution < 1.29 is 22.1 Å². The van der Waals surface area contributed by atoms with Gasteiger partial charge in [0.15, 0.2) is 0 Å². The van der Waals surface area contributed by atoms with Crippen LogP contribution in [-0.4, -0.2) is 34.8 Å². The third kappa shape index (κ3) is 6.49. The Labute approximate surface area is 199 Å². The molecular formula is C24H33N2O5S2-. The summed E-state index contributed by atoms with van der Waals surface area (Å²) < 4.78 is 59.8.